The van der Waals surface area contributed by atoms with Crippen LogP contribution in [0.15, 0.2) is 81.4 Å². The molecule has 0 bridgehead atoms. The van der Waals surface area contributed by atoms with Crippen molar-refractivity contribution in [3.63, 3.8) is 0 Å². The molecule has 182 valence electrons. The van der Waals surface area contributed by atoms with E-state index in [9.17, 15) is 4.79 Å². The Hall–Kier alpha value is -4.64. The molecule has 2 aromatic carbocycles. The standard InChI is InChI=1S/C25H23N7O4/c33-22(34)18-8-6-17(7-9-18)21-11-10-20(36-21)16-26-31-24-28-23(27-19-4-2-1-3-5-19)29-25(30-24)32-12-14-35-15-13-32/h1-11H,12-16H2,(H,33,34)(H,27,28,29,30). The number of anilines is 3. The highest BCUT2D eigenvalue weighted by Gasteiger charge is 2.17. The predicted molar refractivity (Wildman–Crippen MR) is 132 cm³/mol. The molecule has 4 aromatic rings. The van der Waals surface area contributed by atoms with E-state index in [1.807, 2.05) is 41.3 Å². The van der Waals surface area contributed by atoms with E-state index in [1.165, 1.54) is 12.1 Å². The number of benzene rings is 2. The Kier molecular flexibility index (Phi) is 6.90. The van der Waals surface area contributed by atoms with Gasteiger partial charge in [-0.1, -0.05) is 30.3 Å². The minimum absolute atomic E-state index is 0.181. The molecule has 2 N–H and O–H groups in total. The van der Waals surface area contributed by atoms with Crippen LogP contribution in [0.5, 0.6) is 0 Å². The molecule has 11 nitrogen and oxygen atoms in total. The van der Waals surface area contributed by atoms with E-state index in [1.54, 1.807) is 18.2 Å². The fourth-order valence-electron chi connectivity index (χ4n) is 3.57. The Morgan fingerprint density at radius 3 is 2.50 bits per heavy atom. The molecule has 1 aliphatic rings. The summed E-state index contributed by atoms with van der Waals surface area (Å²) in [5, 5.41) is 20.7. The number of carbonyl (C=O) groups is 1. The number of para-hydroxylation sites is 1. The predicted octanol–water partition coefficient (Wildman–Crippen LogP) is 4.69. The van der Waals surface area contributed by atoms with Crippen LogP contribution in [-0.2, 0) is 11.3 Å². The second kappa shape index (κ2) is 10.7. The maximum Gasteiger partial charge on any atom is 0.335 e. The first-order valence-corrected chi connectivity index (χ1v) is 11.3. The summed E-state index contributed by atoms with van der Waals surface area (Å²) in [6, 6.07) is 19.7. The minimum Gasteiger partial charge on any atom is -0.478 e. The van der Waals surface area contributed by atoms with Crippen LogP contribution in [0, 0.1) is 0 Å². The van der Waals surface area contributed by atoms with Gasteiger partial charge in [-0.3, -0.25) is 0 Å². The maximum absolute atomic E-state index is 11.0. The molecular formula is C25H23N7O4. The zero-order chi connectivity index (χ0) is 24.7. The van der Waals surface area contributed by atoms with Gasteiger partial charge in [-0.25, -0.2) is 4.79 Å². The van der Waals surface area contributed by atoms with Gasteiger partial charge in [-0.2, -0.15) is 20.1 Å². The van der Waals surface area contributed by atoms with Crippen molar-refractivity contribution in [3.05, 3.63) is 78.1 Å². The first-order chi connectivity index (χ1) is 17.6. The summed E-state index contributed by atoms with van der Waals surface area (Å²) in [6.45, 7) is 2.74. The number of nitrogens with zero attached hydrogens (tertiary/aromatic N) is 6. The van der Waals surface area contributed by atoms with E-state index in [4.69, 9.17) is 14.3 Å². The van der Waals surface area contributed by atoms with Crippen LogP contribution < -0.4 is 10.2 Å². The third-order valence-electron chi connectivity index (χ3n) is 5.40. The number of aromatic carboxylic acids is 1. The Bertz CT molecular complexity index is 1350. The Morgan fingerprint density at radius 1 is 0.972 bits per heavy atom. The van der Waals surface area contributed by atoms with Crippen LogP contribution >= 0.6 is 0 Å². The number of morpholine rings is 1. The van der Waals surface area contributed by atoms with Crippen LogP contribution in [0.25, 0.3) is 11.3 Å². The minimum atomic E-state index is -0.973. The van der Waals surface area contributed by atoms with Crippen LogP contribution in [0.1, 0.15) is 16.1 Å². The van der Waals surface area contributed by atoms with Crippen molar-refractivity contribution in [1.82, 2.24) is 15.0 Å². The van der Waals surface area contributed by atoms with Gasteiger partial charge < -0.3 is 24.5 Å². The van der Waals surface area contributed by atoms with Crippen LogP contribution in [0.4, 0.5) is 23.5 Å². The van der Waals surface area contributed by atoms with E-state index >= 15 is 0 Å². The van der Waals surface area contributed by atoms with Crippen molar-refractivity contribution in [1.29, 1.82) is 0 Å². The summed E-state index contributed by atoms with van der Waals surface area (Å²) in [6.07, 6.45) is 0. The number of furan rings is 1. The molecule has 0 saturated carbocycles. The molecule has 0 amide bonds. The average Bonchev–Trinajstić information content (AvgIpc) is 3.39. The highest BCUT2D eigenvalue weighted by Crippen LogP contribution is 2.24. The average molecular weight is 486 g/mol. The van der Waals surface area contributed by atoms with E-state index in [-0.39, 0.29) is 18.1 Å². The molecule has 11 heteroatoms. The topological polar surface area (TPSA) is 138 Å². The van der Waals surface area contributed by atoms with Gasteiger partial charge in [0.1, 0.15) is 18.1 Å². The lowest BCUT2D eigenvalue weighted by atomic mass is 10.1. The summed E-state index contributed by atoms with van der Waals surface area (Å²) in [7, 11) is 0. The first-order valence-electron chi connectivity index (χ1n) is 11.3. The van der Waals surface area contributed by atoms with Gasteiger partial charge in [-0.05, 0) is 36.4 Å². The lowest BCUT2D eigenvalue weighted by molar-refractivity contribution is 0.0697. The second-order valence-electron chi connectivity index (χ2n) is 7.90. The quantitative estimate of drug-likeness (QED) is 0.340. The van der Waals surface area contributed by atoms with Gasteiger partial charge in [-0.15, -0.1) is 5.11 Å². The van der Waals surface area contributed by atoms with Crippen molar-refractivity contribution in [2.75, 3.05) is 36.5 Å². The van der Waals surface area contributed by atoms with E-state index in [2.05, 4.69) is 30.5 Å². The fourth-order valence-corrected chi connectivity index (χ4v) is 3.57. The monoisotopic (exact) mass is 485 g/mol. The molecule has 0 radical (unpaired) electrons. The number of aromatic nitrogens is 3. The molecule has 2 aromatic heterocycles. The molecule has 5 rings (SSSR count). The smallest absolute Gasteiger partial charge is 0.335 e. The Balaban J connectivity index is 1.32. The van der Waals surface area contributed by atoms with Crippen LogP contribution in [0.2, 0.25) is 0 Å². The second-order valence-corrected chi connectivity index (χ2v) is 7.90. The molecule has 1 aliphatic heterocycles. The molecule has 1 saturated heterocycles. The lowest BCUT2D eigenvalue weighted by Crippen LogP contribution is -2.37. The first kappa shape index (κ1) is 23.1. The number of hydrogen-bond acceptors (Lipinski definition) is 10. The zero-order valence-corrected chi connectivity index (χ0v) is 19.2. The number of hydrogen-bond donors (Lipinski definition) is 2. The van der Waals surface area contributed by atoms with Gasteiger partial charge in [0.05, 0.1) is 18.8 Å². The molecule has 0 unspecified atom stereocenters. The largest absolute Gasteiger partial charge is 0.478 e. The highest BCUT2D eigenvalue weighted by atomic mass is 16.5. The normalized spacial score (nSPS) is 13.7. The molecule has 1 fully saturated rings. The maximum atomic E-state index is 11.0. The molecule has 36 heavy (non-hydrogen) atoms. The molecular weight excluding hydrogens is 462 g/mol. The molecule has 0 spiro atoms. The van der Waals surface area contributed by atoms with Crippen molar-refractivity contribution in [2.45, 2.75) is 6.54 Å². The van der Waals surface area contributed by atoms with E-state index in [0.29, 0.717) is 49.7 Å². The summed E-state index contributed by atoms with van der Waals surface area (Å²) in [5.74, 6) is 1.30. The highest BCUT2D eigenvalue weighted by molar-refractivity contribution is 5.88. The zero-order valence-electron chi connectivity index (χ0n) is 19.2. The van der Waals surface area contributed by atoms with Gasteiger partial charge in [0.15, 0.2) is 0 Å². The molecule has 0 aliphatic carbocycles. The SMILES string of the molecule is O=C(O)c1ccc(-c2ccc(CN=Nc3nc(Nc4ccccc4)nc(N4CCOCC4)n3)o2)cc1. The van der Waals surface area contributed by atoms with Crippen molar-refractivity contribution < 1.29 is 19.1 Å². The summed E-state index contributed by atoms with van der Waals surface area (Å²) >= 11 is 0. The lowest BCUT2D eigenvalue weighted by Gasteiger charge is -2.26. The van der Waals surface area contributed by atoms with Gasteiger partial charge in [0, 0.05) is 24.3 Å². The van der Waals surface area contributed by atoms with Crippen molar-refractivity contribution in [3.8, 4) is 11.3 Å². The third-order valence-corrected chi connectivity index (χ3v) is 5.40. The number of azo groups is 1. The van der Waals surface area contributed by atoms with Crippen LogP contribution in [-0.4, -0.2) is 52.3 Å². The van der Waals surface area contributed by atoms with E-state index in [0.717, 1.165) is 11.3 Å². The number of carboxylic acids is 1. The Labute approximate surface area is 206 Å². The Morgan fingerprint density at radius 2 is 1.75 bits per heavy atom. The van der Waals surface area contributed by atoms with Crippen LogP contribution in [0.3, 0.4) is 0 Å². The number of rotatable bonds is 8. The number of nitrogens with one attached hydrogen (secondary N) is 1. The molecule has 3 heterocycles. The third kappa shape index (κ3) is 5.70. The number of carboxylic acid groups (broad SMARTS) is 1. The van der Waals surface area contributed by atoms with Crippen molar-refractivity contribution in [2.24, 2.45) is 10.2 Å². The summed E-state index contributed by atoms with van der Waals surface area (Å²) in [5.41, 5.74) is 1.83. The van der Waals surface area contributed by atoms with E-state index < -0.39 is 5.97 Å². The van der Waals surface area contributed by atoms with Crippen molar-refractivity contribution >= 4 is 29.5 Å². The van der Waals surface area contributed by atoms with Gasteiger partial charge in [0.25, 0.3) is 5.95 Å². The number of ether oxygens (including phenoxy) is 1. The van der Waals surface area contributed by atoms with Gasteiger partial charge in [0.2, 0.25) is 11.9 Å². The summed E-state index contributed by atoms with van der Waals surface area (Å²) in [4.78, 5) is 26.5. The van der Waals surface area contributed by atoms with Gasteiger partial charge >= 0.3 is 5.97 Å². The fraction of sp³-hybridized carbons (Fsp3) is 0.200. The summed E-state index contributed by atoms with van der Waals surface area (Å²) < 4.78 is 11.3. The molecule has 0 atom stereocenters.